The molecule has 1 aromatic rings. The van der Waals surface area contributed by atoms with Gasteiger partial charge in [-0.3, -0.25) is 4.79 Å². The number of carbonyl (C=O) groups is 1. The molecule has 0 saturated carbocycles. The Morgan fingerprint density at radius 1 is 1.27 bits per heavy atom. The molecular formula is C8H8KO2. The van der Waals surface area contributed by atoms with Gasteiger partial charge in [-0.15, -0.1) is 0 Å². The van der Waals surface area contributed by atoms with E-state index < -0.39 is 5.97 Å². The second-order valence-corrected chi connectivity index (χ2v) is 2.06. The molecule has 0 aliphatic heterocycles. The minimum Gasteiger partial charge on any atom is -0.481 e. The van der Waals surface area contributed by atoms with E-state index in [0.29, 0.717) is 0 Å². The normalized spacial score (nSPS) is 8.36. The molecule has 11 heavy (non-hydrogen) atoms. The monoisotopic (exact) mass is 175 g/mol. The van der Waals surface area contributed by atoms with Crippen molar-refractivity contribution < 1.29 is 9.90 Å². The molecule has 1 radical (unpaired) electrons. The van der Waals surface area contributed by atoms with E-state index in [4.69, 9.17) is 5.11 Å². The molecule has 0 aromatic heterocycles. The van der Waals surface area contributed by atoms with Gasteiger partial charge in [0.15, 0.2) is 0 Å². The Balaban J connectivity index is 0.000001000. The van der Waals surface area contributed by atoms with Crippen molar-refractivity contribution in [1.29, 1.82) is 0 Å². The summed E-state index contributed by atoms with van der Waals surface area (Å²) in [6, 6.07) is 9.13. The summed E-state index contributed by atoms with van der Waals surface area (Å²) in [7, 11) is 0. The second-order valence-electron chi connectivity index (χ2n) is 2.06. The van der Waals surface area contributed by atoms with E-state index in [9.17, 15) is 4.79 Å². The van der Waals surface area contributed by atoms with Gasteiger partial charge in [-0.25, -0.2) is 0 Å². The van der Waals surface area contributed by atoms with E-state index in [-0.39, 0.29) is 57.8 Å². The van der Waals surface area contributed by atoms with Crippen molar-refractivity contribution in [2.24, 2.45) is 0 Å². The molecule has 0 saturated heterocycles. The molecule has 1 rings (SSSR count). The largest absolute Gasteiger partial charge is 0.481 e. The Hall–Kier alpha value is 0.326. The van der Waals surface area contributed by atoms with Crippen LogP contribution in [0.1, 0.15) is 5.56 Å². The maximum Gasteiger partial charge on any atom is 0.307 e. The molecule has 0 aliphatic carbocycles. The predicted molar refractivity (Wildman–Crippen MR) is 43.5 cm³/mol. The van der Waals surface area contributed by atoms with E-state index in [1.165, 1.54) is 0 Å². The van der Waals surface area contributed by atoms with Gasteiger partial charge in [0, 0.05) is 51.4 Å². The zero-order valence-electron chi connectivity index (χ0n) is 6.45. The van der Waals surface area contributed by atoms with Gasteiger partial charge in [0.2, 0.25) is 0 Å². The van der Waals surface area contributed by atoms with Crippen LogP contribution in [-0.4, -0.2) is 62.5 Å². The van der Waals surface area contributed by atoms with Gasteiger partial charge in [-0.05, 0) is 5.56 Å². The molecule has 2 nitrogen and oxygen atoms in total. The van der Waals surface area contributed by atoms with Crippen LogP contribution in [0, 0.1) is 0 Å². The molecule has 0 aliphatic rings. The van der Waals surface area contributed by atoms with Crippen LogP contribution in [0.2, 0.25) is 0 Å². The Bertz CT molecular complexity index is 221. The van der Waals surface area contributed by atoms with Crippen molar-refractivity contribution in [3.63, 3.8) is 0 Å². The van der Waals surface area contributed by atoms with Crippen molar-refractivity contribution in [2.75, 3.05) is 0 Å². The van der Waals surface area contributed by atoms with Crippen LogP contribution in [0.25, 0.3) is 0 Å². The van der Waals surface area contributed by atoms with Crippen molar-refractivity contribution in [1.82, 2.24) is 0 Å². The van der Waals surface area contributed by atoms with Crippen LogP contribution in [0.4, 0.5) is 0 Å². The van der Waals surface area contributed by atoms with Crippen LogP contribution in [0.3, 0.4) is 0 Å². The quantitative estimate of drug-likeness (QED) is 0.679. The number of hydrogen-bond acceptors (Lipinski definition) is 1. The maximum absolute atomic E-state index is 10.2. The topological polar surface area (TPSA) is 37.3 Å². The third-order valence-electron chi connectivity index (χ3n) is 1.20. The van der Waals surface area contributed by atoms with Crippen LogP contribution < -0.4 is 0 Å². The van der Waals surface area contributed by atoms with Gasteiger partial charge < -0.3 is 5.11 Å². The maximum atomic E-state index is 10.2. The number of benzene rings is 1. The first kappa shape index (κ1) is 11.3. The van der Waals surface area contributed by atoms with Crippen molar-refractivity contribution in [3.05, 3.63) is 35.9 Å². The zero-order valence-corrected chi connectivity index (χ0v) is 9.57. The summed E-state index contributed by atoms with van der Waals surface area (Å²) in [5, 5.41) is 8.37. The summed E-state index contributed by atoms with van der Waals surface area (Å²) < 4.78 is 0. The van der Waals surface area contributed by atoms with Gasteiger partial charge in [0.1, 0.15) is 0 Å². The van der Waals surface area contributed by atoms with E-state index in [1.54, 1.807) is 12.1 Å². The molecule has 0 fully saturated rings. The van der Waals surface area contributed by atoms with Gasteiger partial charge >= 0.3 is 5.97 Å². The second kappa shape index (κ2) is 5.91. The van der Waals surface area contributed by atoms with Crippen LogP contribution in [-0.2, 0) is 11.2 Å². The Kier molecular flexibility index (Phi) is 6.09. The minimum atomic E-state index is -0.786. The number of hydrogen-bond donors (Lipinski definition) is 1. The van der Waals surface area contributed by atoms with Crippen molar-refractivity contribution >= 4 is 57.4 Å². The molecule has 53 valence electrons. The van der Waals surface area contributed by atoms with Crippen LogP contribution in [0.15, 0.2) is 30.3 Å². The number of rotatable bonds is 2. The van der Waals surface area contributed by atoms with Gasteiger partial charge in [-0.2, -0.15) is 0 Å². The van der Waals surface area contributed by atoms with Gasteiger partial charge in [0.05, 0.1) is 6.42 Å². The first-order valence-electron chi connectivity index (χ1n) is 3.05. The van der Waals surface area contributed by atoms with E-state index in [0.717, 1.165) is 5.56 Å². The summed E-state index contributed by atoms with van der Waals surface area (Å²) in [4.78, 5) is 10.2. The number of aliphatic carboxylic acids is 1. The first-order chi connectivity index (χ1) is 4.79. The molecule has 0 amide bonds. The SMILES string of the molecule is O=C(O)Cc1ccccc1.[K]. The number of carboxylic acids is 1. The first-order valence-corrected chi connectivity index (χ1v) is 3.05. The molecule has 0 atom stereocenters. The zero-order chi connectivity index (χ0) is 7.40. The standard InChI is InChI=1S/C8H8O2.K/c9-8(10)6-7-4-2-1-3-5-7;/h1-5H,6H2,(H,9,10);. The average Bonchev–Trinajstić information content (AvgIpc) is 1.88. The molecule has 0 spiro atoms. The third-order valence-corrected chi connectivity index (χ3v) is 1.20. The van der Waals surface area contributed by atoms with Crippen molar-refractivity contribution in [3.8, 4) is 0 Å². The molecule has 0 bridgehead atoms. The Labute approximate surface area is 108 Å². The Morgan fingerprint density at radius 3 is 2.27 bits per heavy atom. The molecule has 0 heterocycles. The fourth-order valence-corrected chi connectivity index (χ4v) is 0.770. The number of carboxylic acid groups (broad SMARTS) is 1. The smallest absolute Gasteiger partial charge is 0.307 e. The van der Waals surface area contributed by atoms with Gasteiger partial charge in [-0.1, -0.05) is 30.3 Å². The summed E-state index contributed by atoms with van der Waals surface area (Å²) >= 11 is 0. The summed E-state index contributed by atoms with van der Waals surface area (Å²) in [5.74, 6) is -0.786. The van der Waals surface area contributed by atoms with Crippen molar-refractivity contribution in [2.45, 2.75) is 6.42 Å². The van der Waals surface area contributed by atoms with Gasteiger partial charge in [0.25, 0.3) is 0 Å². The van der Waals surface area contributed by atoms with Crippen LogP contribution >= 0.6 is 0 Å². The molecule has 1 N–H and O–H groups in total. The van der Waals surface area contributed by atoms with E-state index in [1.807, 2.05) is 18.2 Å². The molecule has 1 aromatic carbocycles. The molecule has 3 heteroatoms. The molecule has 0 unspecified atom stereocenters. The third kappa shape index (κ3) is 4.71. The summed E-state index contributed by atoms with van der Waals surface area (Å²) in [6.07, 6.45) is 0.112. The summed E-state index contributed by atoms with van der Waals surface area (Å²) in [5.41, 5.74) is 0.843. The molecular weight excluding hydrogens is 167 g/mol. The van der Waals surface area contributed by atoms with E-state index >= 15 is 0 Å². The fourth-order valence-electron chi connectivity index (χ4n) is 0.770. The van der Waals surface area contributed by atoms with Crippen LogP contribution in [0.5, 0.6) is 0 Å². The predicted octanol–water partition coefficient (Wildman–Crippen LogP) is 0.933. The Morgan fingerprint density at radius 2 is 1.82 bits per heavy atom. The van der Waals surface area contributed by atoms with E-state index in [2.05, 4.69) is 0 Å². The minimum absolute atomic E-state index is 0. The average molecular weight is 175 g/mol. The fraction of sp³-hybridized carbons (Fsp3) is 0.125. The summed E-state index contributed by atoms with van der Waals surface area (Å²) in [6.45, 7) is 0.